The summed E-state index contributed by atoms with van der Waals surface area (Å²) in [5.74, 6) is 1.26. The maximum absolute atomic E-state index is 11.6. The van der Waals surface area contributed by atoms with E-state index in [2.05, 4.69) is 20.4 Å². The molecule has 3 rings (SSSR count). The average Bonchev–Trinajstić information content (AvgIpc) is 2.88. The summed E-state index contributed by atoms with van der Waals surface area (Å²) in [6.07, 6.45) is 3.37. The van der Waals surface area contributed by atoms with Crippen LogP contribution in [0.3, 0.4) is 0 Å². The number of amides is 2. The molecule has 0 aliphatic carbocycles. The van der Waals surface area contributed by atoms with Gasteiger partial charge in [-0.2, -0.15) is 4.98 Å². The third-order valence-corrected chi connectivity index (χ3v) is 3.23. The van der Waals surface area contributed by atoms with Crippen LogP contribution in [0.15, 0.2) is 29.0 Å². The summed E-state index contributed by atoms with van der Waals surface area (Å²) in [5, 5.41) is 6.73. The molecule has 0 saturated carbocycles. The molecule has 0 aromatic carbocycles. The fourth-order valence-corrected chi connectivity index (χ4v) is 2.08. The Hall–Kier alpha value is -2.44. The molecule has 7 nitrogen and oxygen atoms in total. The lowest BCUT2D eigenvalue weighted by Gasteiger charge is -2.36. The minimum Gasteiger partial charge on any atom is -0.339 e. The van der Waals surface area contributed by atoms with Gasteiger partial charge in [-0.1, -0.05) is 5.16 Å². The Morgan fingerprint density at radius 2 is 2.20 bits per heavy atom. The quantitative estimate of drug-likeness (QED) is 0.910. The lowest BCUT2D eigenvalue weighted by molar-refractivity contribution is 0.137. The minimum absolute atomic E-state index is 0.0439. The van der Waals surface area contributed by atoms with Crippen LogP contribution in [-0.2, 0) is 0 Å². The van der Waals surface area contributed by atoms with Crippen LogP contribution in [0.1, 0.15) is 18.7 Å². The summed E-state index contributed by atoms with van der Waals surface area (Å²) in [4.78, 5) is 21.6. The van der Waals surface area contributed by atoms with E-state index in [9.17, 15) is 4.79 Å². The number of pyridine rings is 1. The first kappa shape index (κ1) is 12.6. The van der Waals surface area contributed by atoms with Crippen molar-refractivity contribution in [1.29, 1.82) is 0 Å². The Morgan fingerprint density at radius 1 is 1.45 bits per heavy atom. The van der Waals surface area contributed by atoms with Crippen molar-refractivity contribution < 1.29 is 9.32 Å². The number of rotatable bonds is 3. The predicted octanol–water partition coefficient (Wildman–Crippen LogP) is 1.26. The standard InChI is InChI=1S/C13H15N5O2/c1-2-15-13(19)18-7-10(8-18)12-16-11(17-20-12)9-3-5-14-6-4-9/h3-6,10H,2,7-8H2,1H3,(H,15,19). The first-order chi connectivity index (χ1) is 9.78. The molecule has 0 atom stereocenters. The van der Waals surface area contributed by atoms with Gasteiger partial charge >= 0.3 is 6.03 Å². The summed E-state index contributed by atoms with van der Waals surface area (Å²) >= 11 is 0. The molecule has 7 heteroatoms. The summed E-state index contributed by atoms with van der Waals surface area (Å²) < 4.78 is 5.27. The molecule has 20 heavy (non-hydrogen) atoms. The van der Waals surface area contributed by atoms with Gasteiger partial charge in [0.15, 0.2) is 0 Å². The van der Waals surface area contributed by atoms with Crippen LogP contribution in [0.5, 0.6) is 0 Å². The predicted molar refractivity (Wildman–Crippen MR) is 70.9 cm³/mol. The van der Waals surface area contributed by atoms with Gasteiger partial charge < -0.3 is 14.7 Å². The average molecular weight is 273 g/mol. The molecule has 2 aromatic heterocycles. The van der Waals surface area contributed by atoms with Crippen molar-refractivity contribution in [2.45, 2.75) is 12.8 Å². The maximum atomic E-state index is 11.6. The van der Waals surface area contributed by atoms with E-state index in [1.54, 1.807) is 17.3 Å². The lowest BCUT2D eigenvalue weighted by Crippen LogP contribution is -2.52. The second-order valence-electron chi connectivity index (χ2n) is 4.63. The fraction of sp³-hybridized carbons (Fsp3) is 0.385. The van der Waals surface area contributed by atoms with Gasteiger partial charge in [0.2, 0.25) is 11.7 Å². The minimum atomic E-state index is -0.0439. The van der Waals surface area contributed by atoms with Crippen molar-refractivity contribution in [2.75, 3.05) is 19.6 Å². The lowest BCUT2D eigenvalue weighted by atomic mass is 10.0. The zero-order valence-electron chi connectivity index (χ0n) is 11.1. The molecular weight excluding hydrogens is 258 g/mol. The Kier molecular flexibility index (Phi) is 3.32. The molecule has 2 aromatic rings. The Morgan fingerprint density at radius 3 is 2.90 bits per heavy atom. The molecule has 1 aliphatic heterocycles. The first-order valence-electron chi connectivity index (χ1n) is 6.54. The normalized spacial score (nSPS) is 14.9. The van der Waals surface area contributed by atoms with Crippen molar-refractivity contribution in [3.05, 3.63) is 30.4 Å². The van der Waals surface area contributed by atoms with Gasteiger partial charge in [0.25, 0.3) is 0 Å². The fourth-order valence-electron chi connectivity index (χ4n) is 2.08. The van der Waals surface area contributed by atoms with E-state index in [4.69, 9.17) is 4.52 Å². The van der Waals surface area contributed by atoms with Gasteiger partial charge in [0, 0.05) is 37.6 Å². The second kappa shape index (κ2) is 5.28. The number of likely N-dealkylation sites (tertiary alicyclic amines) is 1. The molecule has 0 spiro atoms. The molecule has 1 saturated heterocycles. The number of urea groups is 1. The Labute approximate surface area is 116 Å². The van der Waals surface area contributed by atoms with Crippen LogP contribution in [0.4, 0.5) is 4.79 Å². The second-order valence-corrected chi connectivity index (χ2v) is 4.63. The molecule has 1 fully saturated rings. The van der Waals surface area contributed by atoms with Gasteiger partial charge in [-0.05, 0) is 19.1 Å². The van der Waals surface area contributed by atoms with Crippen LogP contribution < -0.4 is 5.32 Å². The summed E-state index contributed by atoms with van der Waals surface area (Å²) in [6, 6.07) is 3.62. The van der Waals surface area contributed by atoms with Crippen molar-refractivity contribution >= 4 is 6.03 Å². The van der Waals surface area contributed by atoms with Crippen LogP contribution in [0.2, 0.25) is 0 Å². The topological polar surface area (TPSA) is 84.2 Å². The monoisotopic (exact) mass is 273 g/mol. The smallest absolute Gasteiger partial charge is 0.317 e. The maximum Gasteiger partial charge on any atom is 0.317 e. The molecule has 2 amide bonds. The largest absolute Gasteiger partial charge is 0.339 e. The molecule has 104 valence electrons. The molecule has 0 unspecified atom stereocenters. The number of hydrogen-bond acceptors (Lipinski definition) is 5. The van der Waals surface area contributed by atoms with Crippen LogP contribution >= 0.6 is 0 Å². The zero-order valence-corrected chi connectivity index (χ0v) is 11.1. The highest BCUT2D eigenvalue weighted by molar-refractivity contribution is 5.75. The van der Waals surface area contributed by atoms with Gasteiger partial charge in [0.05, 0.1) is 5.92 Å². The number of nitrogens with zero attached hydrogens (tertiary/aromatic N) is 4. The van der Waals surface area contributed by atoms with Crippen molar-refractivity contribution in [3.63, 3.8) is 0 Å². The Balaban J connectivity index is 1.64. The third kappa shape index (κ3) is 2.34. The first-order valence-corrected chi connectivity index (χ1v) is 6.54. The number of carbonyl (C=O) groups is 1. The number of nitrogens with one attached hydrogen (secondary N) is 1. The highest BCUT2D eigenvalue weighted by Crippen LogP contribution is 2.27. The van der Waals surface area contributed by atoms with E-state index in [-0.39, 0.29) is 11.9 Å². The third-order valence-electron chi connectivity index (χ3n) is 3.23. The number of carbonyl (C=O) groups excluding carboxylic acids is 1. The summed E-state index contributed by atoms with van der Waals surface area (Å²) in [7, 11) is 0. The molecule has 3 heterocycles. The van der Waals surface area contributed by atoms with E-state index >= 15 is 0 Å². The van der Waals surface area contributed by atoms with Gasteiger partial charge in [-0.3, -0.25) is 4.98 Å². The van der Waals surface area contributed by atoms with Crippen LogP contribution in [-0.4, -0.2) is 45.7 Å². The van der Waals surface area contributed by atoms with Crippen molar-refractivity contribution in [2.24, 2.45) is 0 Å². The highest BCUT2D eigenvalue weighted by atomic mass is 16.5. The van der Waals surface area contributed by atoms with Crippen molar-refractivity contribution in [3.8, 4) is 11.4 Å². The molecular formula is C13H15N5O2. The van der Waals surface area contributed by atoms with E-state index < -0.39 is 0 Å². The molecule has 1 N–H and O–H groups in total. The van der Waals surface area contributed by atoms with Crippen LogP contribution in [0, 0.1) is 0 Å². The number of aromatic nitrogens is 3. The number of hydrogen-bond donors (Lipinski definition) is 1. The van der Waals surface area contributed by atoms with Gasteiger partial charge in [-0.15, -0.1) is 0 Å². The van der Waals surface area contributed by atoms with E-state index in [1.165, 1.54) is 0 Å². The van der Waals surface area contributed by atoms with Crippen molar-refractivity contribution in [1.82, 2.24) is 25.3 Å². The van der Waals surface area contributed by atoms with Gasteiger partial charge in [-0.25, -0.2) is 4.79 Å². The summed E-state index contributed by atoms with van der Waals surface area (Å²) in [6.45, 7) is 3.76. The van der Waals surface area contributed by atoms with E-state index in [0.29, 0.717) is 31.3 Å². The molecule has 0 bridgehead atoms. The Bertz CT molecular complexity index is 592. The SMILES string of the molecule is CCNC(=O)N1CC(c2nc(-c3ccncc3)no2)C1. The highest BCUT2D eigenvalue weighted by Gasteiger charge is 2.35. The zero-order chi connectivity index (χ0) is 13.9. The van der Waals surface area contributed by atoms with Gasteiger partial charge in [0.1, 0.15) is 0 Å². The molecule has 1 aliphatic rings. The molecule has 0 radical (unpaired) electrons. The van der Waals surface area contributed by atoms with E-state index in [1.807, 2.05) is 19.1 Å². The van der Waals surface area contributed by atoms with Crippen LogP contribution in [0.25, 0.3) is 11.4 Å². The van der Waals surface area contributed by atoms with E-state index in [0.717, 1.165) is 5.56 Å². The summed E-state index contributed by atoms with van der Waals surface area (Å²) in [5.41, 5.74) is 0.870.